The monoisotopic (exact) mass is 156 g/mol. The molecule has 3 N–H and O–H groups in total. The van der Waals surface area contributed by atoms with Gasteiger partial charge in [-0.25, -0.2) is 0 Å². The van der Waals surface area contributed by atoms with E-state index in [2.05, 4.69) is 5.32 Å². The van der Waals surface area contributed by atoms with Crippen LogP contribution in [-0.2, 0) is 0 Å². The molecule has 2 nitrogen and oxygen atoms in total. The van der Waals surface area contributed by atoms with Crippen molar-refractivity contribution in [2.45, 2.75) is 44.1 Å². The molecular weight excluding hydrogens is 136 g/mol. The number of nitrogens with two attached hydrogens (primary N) is 1. The van der Waals surface area contributed by atoms with E-state index in [-0.39, 0.29) is 5.54 Å². The van der Waals surface area contributed by atoms with Gasteiger partial charge in [0.25, 0.3) is 0 Å². The van der Waals surface area contributed by atoms with Crippen LogP contribution in [0.4, 0.5) is 0 Å². The third-order valence-electron chi connectivity index (χ3n) is 2.72. The van der Waals surface area contributed by atoms with Crippen LogP contribution in [0.5, 0.6) is 0 Å². The van der Waals surface area contributed by atoms with Crippen LogP contribution in [0.3, 0.4) is 0 Å². The number of hydrogen-bond donors (Lipinski definition) is 2. The number of rotatable bonds is 3. The van der Waals surface area contributed by atoms with Crippen LogP contribution in [0.15, 0.2) is 0 Å². The third kappa shape index (κ3) is 2.80. The lowest BCUT2D eigenvalue weighted by Crippen LogP contribution is -2.43. The summed E-state index contributed by atoms with van der Waals surface area (Å²) in [4.78, 5) is 0. The molecule has 1 aliphatic carbocycles. The highest BCUT2D eigenvalue weighted by atomic mass is 14.8. The third-order valence-corrected chi connectivity index (χ3v) is 2.72. The Hall–Kier alpha value is -0.0800. The molecule has 0 aromatic carbocycles. The van der Waals surface area contributed by atoms with Crippen LogP contribution in [0, 0.1) is 0 Å². The van der Waals surface area contributed by atoms with Gasteiger partial charge in [-0.05, 0) is 32.9 Å². The molecule has 1 rings (SSSR count). The average Bonchev–Trinajstić information content (AvgIpc) is 2.03. The predicted octanol–water partition coefficient (Wildman–Crippen LogP) is 1.26. The summed E-state index contributed by atoms with van der Waals surface area (Å²) in [5, 5.41) is 3.16. The van der Waals surface area contributed by atoms with E-state index >= 15 is 0 Å². The van der Waals surface area contributed by atoms with Crippen LogP contribution in [-0.4, -0.2) is 19.1 Å². The Kier molecular flexibility index (Phi) is 3.34. The second-order valence-electron chi connectivity index (χ2n) is 3.78. The molecule has 66 valence electrons. The van der Waals surface area contributed by atoms with Gasteiger partial charge in [-0.3, -0.25) is 0 Å². The van der Waals surface area contributed by atoms with Crippen molar-refractivity contribution in [2.75, 3.05) is 13.6 Å². The smallest absolute Gasteiger partial charge is 0.0166 e. The van der Waals surface area contributed by atoms with Gasteiger partial charge in [0.15, 0.2) is 0 Å². The van der Waals surface area contributed by atoms with Gasteiger partial charge in [0.05, 0.1) is 0 Å². The molecule has 0 aliphatic heterocycles. The van der Waals surface area contributed by atoms with E-state index in [9.17, 15) is 0 Å². The summed E-state index contributed by atoms with van der Waals surface area (Å²) >= 11 is 0. The lowest BCUT2D eigenvalue weighted by atomic mass is 9.80. The molecule has 0 spiro atoms. The highest BCUT2D eigenvalue weighted by molar-refractivity contribution is 4.87. The topological polar surface area (TPSA) is 38.0 Å². The van der Waals surface area contributed by atoms with Gasteiger partial charge in [-0.15, -0.1) is 0 Å². The maximum atomic E-state index is 6.21. The van der Waals surface area contributed by atoms with Crippen LogP contribution < -0.4 is 11.1 Å². The fourth-order valence-corrected chi connectivity index (χ4v) is 1.88. The molecule has 0 atom stereocenters. The minimum absolute atomic E-state index is 0.168. The Balaban J connectivity index is 2.25. The molecule has 11 heavy (non-hydrogen) atoms. The molecule has 0 bridgehead atoms. The van der Waals surface area contributed by atoms with Gasteiger partial charge in [0.1, 0.15) is 0 Å². The standard InChI is InChI=1S/C9H20N2/c1-11-8-7-9(10)5-3-2-4-6-9/h11H,2-8,10H2,1H3. The molecule has 0 unspecified atom stereocenters. The van der Waals surface area contributed by atoms with E-state index in [0.717, 1.165) is 13.0 Å². The van der Waals surface area contributed by atoms with E-state index in [1.54, 1.807) is 0 Å². The zero-order chi connectivity index (χ0) is 8.16. The summed E-state index contributed by atoms with van der Waals surface area (Å²) in [5.41, 5.74) is 6.37. The molecule has 0 radical (unpaired) electrons. The van der Waals surface area contributed by atoms with Gasteiger partial charge >= 0.3 is 0 Å². The summed E-state index contributed by atoms with van der Waals surface area (Å²) in [6.07, 6.45) is 7.66. The number of nitrogens with one attached hydrogen (secondary N) is 1. The largest absolute Gasteiger partial charge is 0.325 e. The van der Waals surface area contributed by atoms with E-state index in [0.29, 0.717) is 0 Å². The summed E-state index contributed by atoms with van der Waals surface area (Å²) in [6.45, 7) is 1.07. The molecular formula is C9H20N2. The van der Waals surface area contributed by atoms with Crippen molar-refractivity contribution in [3.63, 3.8) is 0 Å². The molecule has 1 saturated carbocycles. The molecule has 1 aliphatic rings. The highest BCUT2D eigenvalue weighted by Gasteiger charge is 2.26. The zero-order valence-electron chi connectivity index (χ0n) is 7.53. The first-order valence-electron chi connectivity index (χ1n) is 4.70. The first-order valence-corrected chi connectivity index (χ1v) is 4.70. The zero-order valence-corrected chi connectivity index (χ0v) is 7.53. The molecule has 2 heteroatoms. The maximum Gasteiger partial charge on any atom is 0.0166 e. The van der Waals surface area contributed by atoms with E-state index < -0.39 is 0 Å². The molecule has 0 heterocycles. The SMILES string of the molecule is CNCCC1(N)CCCCC1. The highest BCUT2D eigenvalue weighted by Crippen LogP contribution is 2.27. The van der Waals surface area contributed by atoms with Crippen molar-refractivity contribution in [2.24, 2.45) is 5.73 Å². The summed E-state index contributed by atoms with van der Waals surface area (Å²) < 4.78 is 0. The van der Waals surface area contributed by atoms with Crippen molar-refractivity contribution in [1.29, 1.82) is 0 Å². The summed E-state index contributed by atoms with van der Waals surface area (Å²) in [6, 6.07) is 0. The Bertz CT molecular complexity index is 106. The Labute approximate surface area is 69.5 Å². The minimum atomic E-state index is 0.168. The van der Waals surface area contributed by atoms with Crippen LogP contribution in [0.2, 0.25) is 0 Å². The first-order chi connectivity index (χ1) is 5.27. The number of hydrogen-bond acceptors (Lipinski definition) is 2. The van der Waals surface area contributed by atoms with Crippen LogP contribution in [0.25, 0.3) is 0 Å². The Morgan fingerprint density at radius 2 is 1.91 bits per heavy atom. The molecule has 1 fully saturated rings. The average molecular weight is 156 g/mol. The van der Waals surface area contributed by atoms with Crippen molar-refractivity contribution in [3.05, 3.63) is 0 Å². The van der Waals surface area contributed by atoms with Crippen molar-refractivity contribution >= 4 is 0 Å². The van der Waals surface area contributed by atoms with E-state index in [1.165, 1.54) is 32.1 Å². The fraction of sp³-hybridized carbons (Fsp3) is 1.00. The predicted molar refractivity (Wildman–Crippen MR) is 48.5 cm³/mol. The van der Waals surface area contributed by atoms with Gasteiger partial charge in [-0.1, -0.05) is 19.3 Å². The Morgan fingerprint density at radius 1 is 1.27 bits per heavy atom. The lowest BCUT2D eigenvalue weighted by molar-refractivity contribution is 0.277. The molecule has 0 saturated heterocycles. The van der Waals surface area contributed by atoms with E-state index in [1.807, 2.05) is 7.05 Å². The van der Waals surface area contributed by atoms with Gasteiger partial charge < -0.3 is 11.1 Å². The van der Waals surface area contributed by atoms with Crippen LogP contribution >= 0.6 is 0 Å². The lowest BCUT2D eigenvalue weighted by Gasteiger charge is -2.33. The fourth-order valence-electron chi connectivity index (χ4n) is 1.88. The van der Waals surface area contributed by atoms with Gasteiger partial charge in [-0.2, -0.15) is 0 Å². The summed E-state index contributed by atoms with van der Waals surface area (Å²) in [7, 11) is 1.99. The molecule has 0 aromatic rings. The first kappa shape index (κ1) is 9.01. The van der Waals surface area contributed by atoms with Crippen molar-refractivity contribution < 1.29 is 0 Å². The quantitative estimate of drug-likeness (QED) is 0.645. The van der Waals surface area contributed by atoms with Gasteiger partial charge in [0.2, 0.25) is 0 Å². The summed E-state index contributed by atoms with van der Waals surface area (Å²) in [5.74, 6) is 0. The van der Waals surface area contributed by atoms with E-state index in [4.69, 9.17) is 5.73 Å². The normalized spacial score (nSPS) is 23.5. The maximum absolute atomic E-state index is 6.21. The van der Waals surface area contributed by atoms with Crippen molar-refractivity contribution in [1.82, 2.24) is 5.32 Å². The molecule has 0 aromatic heterocycles. The Morgan fingerprint density at radius 3 is 2.45 bits per heavy atom. The molecule has 0 amide bonds. The van der Waals surface area contributed by atoms with Crippen molar-refractivity contribution in [3.8, 4) is 0 Å². The van der Waals surface area contributed by atoms with Gasteiger partial charge in [0, 0.05) is 5.54 Å². The van der Waals surface area contributed by atoms with Crippen LogP contribution in [0.1, 0.15) is 38.5 Å². The minimum Gasteiger partial charge on any atom is -0.325 e. The second kappa shape index (κ2) is 4.07. The second-order valence-corrected chi connectivity index (χ2v) is 3.78.